The maximum Gasteiger partial charge on any atom is 0.341 e. The van der Waals surface area contributed by atoms with Crippen LogP contribution in [-0.2, 0) is 14.8 Å². The molecule has 0 spiro atoms. The third-order valence-electron chi connectivity index (χ3n) is 5.16. The second kappa shape index (κ2) is 15.6. The van der Waals surface area contributed by atoms with Crippen LogP contribution in [0.3, 0.4) is 0 Å². The van der Waals surface area contributed by atoms with Crippen LogP contribution < -0.4 is 29.6 Å². The largest absolute Gasteiger partial charge is 0.494 e. The number of amides is 4. The van der Waals surface area contributed by atoms with Crippen molar-refractivity contribution in [2.45, 2.75) is 4.90 Å². The van der Waals surface area contributed by atoms with Gasteiger partial charge in [0, 0.05) is 19.8 Å². The molecule has 0 saturated carbocycles. The molecule has 1 heterocycles. The van der Waals surface area contributed by atoms with Crippen molar-refractivity contribution in [2.24, 2.45) is 0 Å². The average Bonchev–Trinajstić information content (AvgIpc) is 2.97. The molecule has 0 aliphatic heterocycles. The quantitative estimate of drug-likeness (QED) is 0.229. The Labute approximate surface area is 261 Å². The number of aromatic nitrogens is 2. The minimum atomic E-state index is -4.54. The van der Waals surface area contributed by atoms with Crippen molar-refractivity contribution < 1.29 is 46.9 Å². The zero-order chi connectivity index (χ0) is 33.2. The fourth-order valence-electron chi connectivity index (χ4n) is 3.23. The minimum Gasteiger partial charge on any atom is -0.494 e. The highest BCUT2D eigenvalue weighted by molar-refractivity contribution is 7.90. The molecular formula is C25H26Cl2N6O10S. The van der Waals surface area contributed by atoms with E-state index < -0.39 is 32.8 Å². The third kappa shape index (κ3) is 9.06. The zero-order valence-electron chi connectivity index (χ0n) is 23.7. The highest BCUT2D eigenvalue weighted by Gasteiger charge is 2.26. The highest BCUT2D eigenvalue weighted by atomic mass is 35.5. The van der Waals surface area contributed by atoms with E-state index in [0.717, 1.165) is 11.0 Å². The first-order chi connectivity index (χ1) is 20.7. The number of nitrogens with one attached hydrogen (secondary N) is 3. The second-order valence-electron chi connectivity index (χ2n) is 8.25. The summed E-state index contributed by atoms with van der Waals surface area (Å²) in [5, 5.41) is 13.5. The topological polar surface area (TPSA) is 215 Å². The molecule has 0 saturated heterocycles. The van der Waals surface area contributed by atoms with Gasteiger partial charge < -0.3 is 29.5 Å². The number of ether oxygens (including phenoxy) is 3. The predicted molar refractivity (Wildman–Crippen MR) is 159 cm³/mol. The summed E-state index contributed by atoms with van der Waals surface area (Å²) >= 11 is 11.4. The van der Waals surface area contributed by atoms with Crippen molar-refractivity contribution >= 4 is 69.2 Å². The number of carboxylic acid groups (broad SMARTS) is 1. The number of nitrogens with zero attached hydrogens (tertiary/aromatic N) is 3. The summed E-state index contributed by atoms with van der Waals surface area (Å²) in [6.45, 7) is 0. The molecule has 0 fully saturated rings. The number of hydrogen-bond donors (Lipinski definition) is 4. The van der Waals surface area contributed by atoms with E-state index in [4.69, 9.17) is 42.5 Å². The van der Waals surface area contributed by atoms with Gasteiger partial charge in [-0.15, -0.1) is 0 Å². The van der Waals surface area contributed by atoms with Crippen LogP contribution in [0.15, 0.2) is 41.3 Å². The molecule has 44 heavy (non-hydrogen) atoms. The van der Waals surface area contributed by atoms with Gasteiger partial charge >= 0.3 is 12.0 Å². The maximum absolute atomic E-state index is 12.8. The van der Waals surface area contributed by atoms with Crippen LogP contribution >= 0.6 is 23.2 Å². The molecule has 0 aliphatic carbocycles. The Kier molecular flexibility index (Phi) is 12.5. The number of halogens is 2. The lowest BCUT2D eigenvalue weighted by atomic mass is 10.2. The number of rotatable bonds is 10. The number of aromatic carboxylic acids is 1. The Morgan fingerprint density at radius 3 is 2.00 bits per heavy atom. The fourth-order valence-corrected chi connectivity index (χ4v) is 4.82. The molecule has 3 rings (SSSR count). The van der Waals surface area contributed by atoms with Crippen molar-refractivity contribution in [3.05, 3.63) is 57.6 Å². The van der Waals surface area contributed by atoms with Crippen LogP contribution in [0, 0.1) is 0 Å². The van der Waals surface area contributed by atoms with Gasteiger partial charge in [-0.1, -0.05) is 23.2 Å². The molecule has 0 bridgehead atoms. The number of urea groups is 1. The lowest BCUT2D eigenvalue weighted by Crippen LogP contribution is -2.36. The monoisotopic (exact) mass is 672 g/mol. The fraction of sp³-hybridized carbons (Fsp3) is 0.200. The first-order valence-corrected chi connectivity index (χ1v) is 14.0. The van der Waals surface area contributed by atoms with Gasteiger partial charge in [0.15, 0.2) is 5.75 Å². The first-order valence-electron chi connectivity index (χ1n) is 11.8. The van der Waals surface area contributed by atoms with E-state index in [0.29, 0.717) is 6.41 Å². The Hall–Kier alpha value is -4.87. The van der Waals surface area contributed by atoms with Crippen molar-refractivity contribution in [1.29, 1.82) is 0 Å². The molecule has 0 unspecified atom stereocenters. The predicted octanol–water partition coefficient (Wildman–Crippen LogP) is 2.97. The molecule has 3 aromatic rings. The summed E-state index contributed by atoms with van der Waals surface area (Å²) in [7, 11) is 2.33. The van der Waals surface area contributed by atoms with Crippen molar-refractivity contribution in [3.63, 3.8) is 0 Å². The molecule has 236 valence electrons. The van der Waals surface area contributed by atoms with E-state index in [1.807, 2.05) is 0 Å². The van der Waals surface area contributed by atoms with Crippen LogP contribution in [0.2, 0.25) is 10.0 Å². The summed E-state index contributed by atoms with van der Waals surface area (Å²) in [5.74, 6) is -1.86. The summed E-state index contributed by atoms with van der Waals surface area (Å²) in [5.41, 5.74) is -0.218. The number of methoxy groups -OCH3 is 3. The van der Waals surface area contributed by atoms with Gasteiger partial charge in [0.1, 0.15) is 10.5 Å². The smallest absolute Gasteiger partial charge is 0.341 e. The van der Waals surface area contributed by atoms with Gasteiger partial charge in [-0.2, -0.15) is 9.97 Å². The number of hydrogen-bond acceptors (Lipinski definition) is 11. The lowest BCUT2D eigenvalue weighted by Gasteiger charge is -2.16. The van der Waals surface area contributed by atoms with Gasteiger partial charge in [0.05, 0.1) is 43.0 Å². The highest BCUT2D eigenvalue weighted by Crippen LogP contribution is 2.33. The number of benzene rings is 2. The molecule has 19 heteroatoms. The number of carboxylic acids is 1. The number of carbonyl (C=O) groups is 4. The molecule has 4 N–H and O–H groups in total. The van der Waals surface area contributed by atoms with Gasteiger partial charge in [0.25, 0.3) is 15.9 Å². The molecule has 0 aliphatic rings. The Morgan fingerprint density at radius 2 is 1.52 bits per heavy atom. The summed E-state index contributed by atoms with van der Waals surface area (Å²) in [4.78, 5) is 54.5. The molecule has 1 aromatic heterocycles. The number of anilines is 2. The van der Waals surface area contributed by atoms with Crippen LogP contribution in [-0.4, -0.2) is 88.1 Å². The molecule has 4 amide bonds. The van der Waals surface area contributed by atoms with Gasteiger partial charge in [-0.05, 0) is 30.3 Å². The zero-order valence-corrected chi connectivity index (χ0v) is 26.0. The third-order valence-corrected chi connectivity index (χ3v) is 7.14. The van der Waals surface area contributed by atoms with Crippen LogP contribution in [0.5, 0.6) is 17.5 Å². The average molecular weight is 673 g/mol. The van der Waals surface area contributed by atoms with E-state index in [1.54, 1.807) is 4.72 Å². The van der Waals surface area contributed by atoms with Crippen molar-refractivity contribution in [2.75, 3.05) is 46.1 Å². The van der Waals surface area contributed by atoms with Crippen molar-refractivity contribution in [3.8, 4) is 17.5 Å². The molecule has 0 atom stereocenters. The number of carbonyl (C=O) groups excluding carboxylic acids is 3. The molecule has 2 aromatic carbocycles. The van der Waals surface area contributed by atoms with Crippen LogP contribution in [0.25, 0.3) is 0 Å². The van der Waals surface area contributed by atoms with Crippen LogP contribution in [0.1, 0.15) is 20.7 Å². The van der Waals surface area contributed by atoms with E-state index in [2.05, 4.69) is 20.6 Å². The van der Waals surface area contributed by atoms with E-state index >= 15 is 0 Å². The van der Waals surface area contributed by atoms with Gasteiger partial charge in [-0.25, -0.2) is 22.7 Å². The SMILES string of the molecule is COc1c(Cl)ccc(Cl)c1C(=O)O.COc1cc(OC)nc(NC(=O)NS(=O)(=O)c2cc(NC=O)ccc2C(=O)N(C)C)n1. The molecule has 0 radical (unpaired) electrons. The Morgan fingerprint density at radius 1 is 0.932 bits per heavy atom. The summed E-state index contributed by atoms with van der Waals surface area (Å²) < 4.78 is 42.2. The number of sulfonamides is 1. The minimum absolute atomic E-state index is 0.0662. The van der Waals surface area contributed by atoms with Gasteiger partial charge in [0.2, 0.25) is 24.1 Å². The van der Waals surface area contributed by atoms with Crippen molar-refractivity contribution in [1.82, 2.24) is 19.6 Å². The van der Waals surface area contributed by atoms with E-state index in [9.17, 15) is 27.6 Å². The van der Waals surface area contributed by atoms with E-state index in [-0.39, 0.29) is 50.3 Å². The van der Waals surface area contributed by atoms with Gasteiger partial charge in [-0.3, -0.25) is 14.9 Å². The second-order valence-corrected chi connectivity index (χ2v) is 10.7. The maximum atomic E-state index is 12.8. The van der Waals surface area contributed by atoms with E-state index in [1.165, 1.54) is 65.8 Å². The standard InChI is InChI=1S/C17H20N6O7S.C8H6Cl2O3/c1-23(2)15(25)11-6-5-10(18-9-24)7-12(11)31(27,28)22-17(26)21-16-19-13(29-3)8-14(20-16)30-4;1-13-7-5(10)3-2-4(9)6(7)8(11)12/h5-9H,1-4H3,(H,18,24)(H2,19,20,21,22,26);2-3H,1H3,(H,11,12). The Balaban J connectivity index is 0.000000432. The van der Waals surface area contributed by atoms with Crippen LogP contribution in [0.4, 0.5) is 16.4 Å². The Bertz CT molecular complexity index is 1650. The summed E-state index contributed by atoms with van der Waals surface area (Å²) in [6, 6.07) is 6.66. The normalized spacial score (nSPS) is 10.3. The molecule has 16 nitrogen and oxygen atoms in total. The molecular weight excluding hydrogens is 647 g/mol. The summed E-state index contributed by atoms with van der Waals surface area (Å²) in [6.07, 6.45) is 0.340. The first kappa shape index (κ1) is 35.3. The lowest BCUT2D eigenvalue weighted by molar-refractivity contribution is -0.105.